The third kappa shape index (κ3) is 3.53. The molecule has 2 rings (SSSR count). The summed E-state index contributed by atoms with van der Waals surface area (Å²) in [5, 5.41) is 12.4. The number of rotatable bonds is 3. The highest BCUT2D eigenvalue weighted by atomic mass is 16.4. The molecule has 1 amide bonds. The Balaban J connectivity index is 1.94. The molecule has 0 spiro atoms. The van der Waals surface area contributed by atoms with E-state index in [1.54, 1.807) is 0 Å². The first-order valence-corrected chi connectivity index (χ1v) is 8.02. The molecule has 0 saturated heterocycles. The number of aliphatic carboxylic acids is 1. The molecule has 2 fully saturated rings. The van der Waals surface area contributed by atoms with Crippen molar-refractivity contribution >= 4 is 11.9 Å². The average Bonchev–Trinajstić information content (AvgIpc) is 2.41. The lowest BCUT2D eigenvalue weighted by Gasteiger charge is -2.35. The average molecular weight is 281 g/mol. The summed E-state index contributed by atoms with van der Waals surface area (Å²) in [5.41, 5.74) is 0. The maximum absolute atomic E-state index is 12.4. The van der Waals surface area contributed by atoms with Gasteiger partial charge in [0, 0.05) is 6.04 Å². The first-order valence-electron chi connectivity index (χ1n) is 8.02. The van der Waals surface area contributed by atoms with Crippen molar-refractivity contribution in [1.29, 1.82) is 0 Å². The van der Waals surface area contributed by atoms with Crippen molar-refractivity contribution in [2.45, 2.75) is 64.8 Å². The smallest absolute Gasteiger partial charge is 0.307 e. The van der Waals surface area contributed by atoms with Gasteiger partial charge in [-0.2, -0.15) is 0 Å². The van der Waals surface area contributed by atoms with Crippen molar-refractivity contribution in [2.75, 3.05) is 0 Å². The van der Waals surface area contributed by atoms with Crippen LogP contribution in [-0.4, -0.2) is 23.0 Å². The van der Waals surface area contributed by atoms with E-state index < -0.39 is 11.9 Å². The summed E-state index contributed by atoms with van der Waals surface area (Å²) in [7, 11) is 0. The number of carbonyl (C=O) groups is 2. The largest absolute Gasteiger partial charge is 0.481 e. The van der Waals surface area contributed by atoms with Crippen molar-refractivity contribution in [3.63, 3.8) is 0 Å². The molecule has 20 heavy (non-hydrogen) atoms. The Morgan fingerprint density at radius 2 is 1.65 bits per heavy atom. The van der Waals surface area contributed by atoms with E-state index in [1.807, 2.05) is 0 Å². The van der Waals surface area contributed by atoms with E-state index in [1.165, 1.54) is 0 Å². The van der Waals surface area contributed by atoms with Crippen molar-refractivity contribution in [3.8, 4) is 0 Å². The van der Waals surface area contributed by atoms with Crippen molar-refractivity contribution in [3.05, 3.63) is 0 Å². The molecule has 2 N–H and O–H groups in total. The van der Waals surface area contributed by atoms with Crippen LogP contribution in [0.15, 0.2) is 0 Å². The molecule has 0 aliphatic heterocycles. The van der Waals surface area contributed by atoms with Crippen LogP contribution in [0.25, 0.3) is 0 Å². The fourth-order valence-corrected chi connectivity index (χ4v) is 3.91. The van der Waals surface area contributed by atoms with Crippen LogP contribution in [0.2, 0.25) is 0 Å². The number of hydrogen-bond acceptors (Lipinski definition) is 2. The van der Waals surface area contributed by atoms with E-state index in [9.17, 15) is 14.7 Å². The molecule has 5 unspecified atom stereocenters. The lowest BCUT2D eigenvalue weighted by Crippen LogP contribution is -2.47. The Morgan fingerprint density at radius 3 is 2.25 bits per heavy atom. The van der Waals surface area contributed by atoms with Crippen molar-refractivity contribution < 1.29 is 14.7 Å². The van der Waals surface area contributed by atoms with Gasteiger partial charge in [-0.15, -0.1) is 0 Å². The fourth-order valence-electron chi connectivity index (χ4n) is 3.91. The molecule has 0 radical (unpaired) electrons. The van der Waals surface area contributed by atoms with Gasteiger partial charge in [-0.25, -0.2) is 0 Å². The number of carbonyl (C=O) groups excluding carboxylic acids is 1. The number of carboxylic acids is 1. The normalized spacial score (nSPS) is 38.2. The maximum Gasteiger partial charge on any atom is 0.307 e. The molecular formula is C16H27NO3. The van der Waals surface area contributed by atoms with E-state index in [2.05, 4.69) is 19.2 Å². The van der Waals surface area contributed by atoms with Gasteiger partial charge in [0.05, 0.1) is 11.8 Å². The van der Waals surface area contributed by atoms with E-state index in [0.717, 1.165) is 44.4 Å². The van der Waals surface area contributed by atoms with Crippen LogP contribution in [0.3, 0.4) is 0 Å². The summed E-state index contributed by atoms with van der Waals surface area (Å²) in [6.07, 6.45) is 6.60. The monoisotopic (exact) mass is 281 g/mol. The SMILES string of the molecule is CC1CCC(NC(=O)C2CCCCC2C(=O)O)C(C)C1. The molecule has 2 aliphatic rings. The van der Waals surface area contributed by atoms with Gasteiger partial charge in [-0.1, -0.05) is 26.7 Å². The second-order valence-corrected chi connectivity index (χ2v) is 6.85. The maximum atomic E-state index is 12.4. The molecule has 0 bridgehead atoms. The van der Waals surface area contributed by atoms with Crippen LogP contribution in [0.4, 0.5) is 0 Å². The standard InChI is InChI=1S/C16H27NO3/c1-10-7-8-14(11(2)9-10)17-15(18)12-5-3-4-6-13(12)16(19)20/h10-14H,3-9H2,1-2H3,(H,17,18)(H,19,20). The van der Waals surface area contributed by atoms with Crippen LogP contribution in [0, 0.1) is 23.7 Å². The Labute approximate surface area is 121 Å². The Kier molecular flexibility index (Phi) is 5.06. The van der Waals surface area contributed by atoms with E-state index in [-0.39, 0.29) is 17.9 Å². The zero-order chi connectivity index (χ0) is 14.7. The van der Waals surface area contributed by atoms with Gasteiger partial charge in [0.2, 0.25) is 5.91 Å². The van der Waals surface area contributed by atoms with Crippen molar-refractivity contribution in [1.82, 2.24) is 5.32 Å². The summed E-state index contributed by atoms with van der Waals surface area (Å²) >= 11 is 0. The van der Waals surface area contributed by atoms with E-state index >= 15 is 0 Å². The summed E-state index contributed by atoms with van der Waals surface area (Å²) in [5.74, 6) is -0.415. The minimum atomic E-state index is -0.810. The van der Waals surface area contributed by atoms with Crippen LogP contribution >= 0.6 is 0 Å². The first-order chi connectivity index (χ1) is 9.49. The topological polar surface area (TPSA) is 66.4 Å². The van der Waals surface area contributed by atoms with Crippen LogP contribution in [0.1, 0.15) is 58.8 Å². The van der Waals surface area contributed by atoms with Gasteiger partial charge in [-0.05, 0) is 43.9 Å². The molecular weight excluding hydrogens is 254 g/mol. The number of amides is 1. The zero-order valence-electron chi connectivity index (χ0n) is 12.6. The van der Waals surface area contributed by atoms with Gasteiger partial charge in [-0.3, -0.25) is 9.59 Å². The number of carboxylic acid groups (broad SMARTS) is 1. The Hall–Kier alpha value is -1.06. The van der Waals surface area contributed by atoms with E-state index in [0.29, 0.717) is 12.3 Å². The summed E-state index contributed by atoms with van der Waals surface area (Å²) in [6.45, 7) is 4.45. The lowest BCUT2D eigenvalue weighted by atomic mass is 9.77. The van der Waals surface area contributed by atoms with Crippen LogP contribution in [0.5, 0.6) is 0 Å². The molecule has 0 heterocycles. The molecule has 2 aliphatic carbocycles. The first kappa shape index (κ1) is 15.3. The molecule has 0 aromatic rings. The summed E-state index contributed by atoms with van der Waals surface area (Å²) < 4.78 is 0. The number of nitrogens with one attached hydrogen (secondary N) is 1. The van der Waals surface area contributed by atoms with Gasteiger partial charge in [0.1, 0.15) is 0 Å². The second kappa shape index (κ2) is 6.59. The van der Waals surface area contributed by atoms with Gasteiger partial charge >= 0.3 is 5.97 Å². The lowest BCUT2D eigenvalue weighted by molar-refractivity contribution is -0.149. The minimum absolute atomic E-state index is 0.0245. The highest BCUT2D eigenvalue weighted by Gasteiger charge is 2.37. The predicted octanol–water partition coefficient (Wildman–Crippen LogP) is 2.82. The highest BCUT2D eigenvalue weighted by Crippen LogP contribution is 2.32. The molecule has 4 heteroatoms. The van der Waals surface area contributed by atoms with Gasteiger partial charge < -0.3 is 10.4 Å². The van der Waals surface area contributed by atoms with Gasteiger partial charge in [0.25, 0.3) is 0 Å². The summed E-state index contributed by atoms with van der Waals surface area (Å²) in [4.78, 5) is 23.7. The Bertz CT molecular complexity index is 369. The third-order valence-corrected chi connectivity index (χ3v) is 5.18. The second-order valence-electron chi connectivity index (χ2n) is 6.85. The molecule has 4 nitrogen and oxygen atoms in total. The van der Waals surface area contributed by atoms with E-state index in [4.69, 9.17) is 0 Å². The Morgan fingerprint density at radius 1 is 1.00 bits per heavy atom. The van der Waals surface area contributed by atoms with Crippen LogP contribution < -0.4 is 5.32 Å². The summed E-state index contributed by atoms with van der Waals surface area (Å²) in [6, 6.07) is 0.232. The minimum Gasteiger partial charge on any atom is -0.481 e. The zero-order valence-corrected chi connectivity index (χ0v) is 12.6. The molecule has 2 saturated carbocycles. The highest BCUT2D eigenvalue weighted by molar-refractivity contribution is 5.85. The van der Waals surface area contributed by atoms with Gasteiger partial charge in [0.15, 0.2) is 0 Å². The van der Waals surface area contributed by atoms with Crippen molar-refractivity contribution in [2.24, 2.45) is 23.7 Å². The predicted molar refractivity (Wildman–Crippen MR) is 77.2 cm³/mol. The number of hydrogen-bond donors (Lipinski definition) is 2. The quantitative estimate of drug-likeness (QED) is 0.836. The van der Waals surface area contributed by atoms with Crippen LogP contribution in [-0.2, 0) is 9.59 Å². The molecule has 0 aromatic carbocycles. The molecule has 0 aromatic heterocycles. The third-order valence-electron chi connectivity index (χ3n) is 5.18. The molecule has 5 atom stereocenters. The fraction of sp³-hybridized carbons (Fsp3) is 0.875. The molecule has 114 valence electrons.